The van der Waals surface area contributed by atoms with Gasteiger partial charge in [-0.3, -0.25) is 4.79 Å². The van der Waals surface area contributed by atoms with E-state index in [1.807, 2.05) is 18.2 Å². The smallest absolute Gasteiger partial charge is 0.318 e. The number of aliphatic hydroxyl groups excluding tert-OH is 1. The lowest BCUT2D eigenvalue weighted by atomic mass is 9.73. The van der Waals surface area contributed by atoms with Gasteiger partial charge in [0, 0.05) is 18.5 Å². The lowest BCUT2D eigenvalue weighted by molar-refractivity contribution is -0.159. The van der Waals surface area contributed by atoms with Gasteiger partial charge < -0.3 is 20.2 Å². The zero-order chi connectivity index (χ0) is 21.4. The van der Waals surface area contributed by atoms with Crippen LogP contribution in [0.4, 0.5) is 4.79 Å². The van der Waals surface area contributed by atoms with E-state index in [1.54, 1.807) is 9.80 Å². The molecule has 2 N–H and O–H groups in total. The van der Waals surface area contributed by atoms with Crippen LogP contribution < -0.4 is 5.32 Å². The molecule has 2 heterocycles. The maximum Gasteiger partial charge on any atom is 0.318 e. The molecule has 1 saturated carbocycles. The lowest BCUT2D eigenvalue weighted by Gasteiger charge is -2.58. The van der Waals surface area contributed by atoms with Crippen LogP contribution in [0.2, 0.25) is 0 Å². The van der Waals surface area contributed by atoms with Gasteiger partial charge in [-0.25, -0.2) is 4.79 Å². The van der Waals surface area contributed by atoms with Gasteiger partial charge in [0.05, 0.1) is 18.7 Å². The summed E-state index contributed by atoms with van der Waals surface area (Å²) in [6.45, 7) is 0.527. The topological polar surface area (TPSA) is 72.9 Å². The van der Waals surface area contributed by atoms with E-state index in [4.69, 9.17) is 0 Å². The van der Waals surface area contributed by atoms with Gasteiger partial charge in [-0.1, -0.05) is 67.4 Å². The Kier molecular flexibility index (Phi) is 5.40. The van der Waals surface area contributed by atoms with Gasteiger partial charge in [0.25, 0.3) is 0 Å². The quantitative estimate of drug-likeness (QED) is 0.800. The van der Waals surface area contributed by atoms with Crippen molar-refractivity contribution in [3.05, 3.63) is 60.2 Å². The zero-order valence-corrected chi connectivity index (χ0v) is 17.6. The number of nitrogens with one attached hydrogen (secondary N) is 1. The molecule has 6 nitrogen and oxygen atoms in total. The monoisotopic (exact) mass is 419 g/mol. The molecule has 0 aromatic heterocycles. The molecule has 3 amide bonds. The average Bonchev–Trinajstić information content (AvgIpc) is 3.29. The van der Waals surface area contributed by atoms with Crippen molar-refractivity contribution in [2.24, 2.45) is 0 Å². The second-order valence-electron chi connectivity index (χ2n) is 8.94. The van der Waals surface area contributed by atoms with Gasteiger partial charge in [0.15, 0.2) is 0 Å². The lowest BCUT2D eigenvalue weighted by Crippen LogP contribution is -2.74. The Labute approximate surface area is 182 Å². The third kappa shape index (κ3) is 3.69. The number of hydrogen-bond acceptors (Lipinski definition) is 3. The van der Waals surface area contributed by atoms with Crippen LogP contribution in [-0.4, -0.2) is 64.7 Å². The molecule has 0 radical (unpaired) electrons. The predicted octanol–water partition coefficient (Wildman–Crippen LogP) is 2.98. The summed E-state index contributed by atoms with van der Waals surface area (Å²) >= 11 is 0. The average molecular weight is 420 g/mol. The van der Waals surface area contributed by atoms with Crippen molar-refractivity contribution in [3.63, 3.8) is 0 Å². The molecule has 3 atom stereocenters. The molecule has 2 aromatic carbocycles. The van der Waals surface area contributed by atoms with E-state index >= 15 is 0 Å². The van der Waals surface area contributed by atoms with E-state index in [1.165, 1.54) is 0 Å². The first-order valence-electron chi connectivity index (χ1n) is 11.3. The van der Waals surface area contributed by atoms with Crippen molar-refractivity contribution in [1.82, 2.24) is 15.1 Å². The van der Waals surface area contributed by atoms with Crippen molar-refractivity contribution >= 4 is 11.9 Å². The normalized spacial score (nSPS) is 25.8. The first-order chi connectivity index (χ1) is 15.2. The van der Waals surface area contributed by atoms with Crippen LogP contribution >= 0.6 is 0 Å². The summed E-state index contributed by atoms with van der Waals surface area (Å²) in [5, 5.41) is 13.1. The predicted molar refractivity (Wildman–Crippen MR) is 118 cm³/mol. The van der Waals surface area contributed by atoms with E-state index < -0.39 is 0 Å². The molecule has 0 spiro atoms. The number of benzene rings is 2. The Morgan fingerprint density at radius 2 is 1.68 bits per heavy atom. The molecule has 162 valence electrons. The Morgan fingerprint density at radius 3 is 2.35 bits per heavy atom. The molecular weight excluding hydrogens is 390 g/mol. The standard InChI is InChI=1S/C25H29N3O3/c29-16-22-24(19-12-10-18(11-13-19)17-6-2-1-3-7-17)21-14-27(15-23(30)28(21)22)25(31)26-20-8-4-5-9-20/h1-3,6-7,10-13,20-22,24,29H,4-5,8-9,14-16H2,(H,26,31)/t21-,22+,24+/m0/s1. The summed E-state index contributed by atoms with van der Waals surface area (Å²) < 4.78 is 0. The summed E-state index contributed by atoms with van der Waals surface area (Å²) in [7, 11) is 0. The molecule has 3 fully saturated rings. The van der Waals surface area contributed by atoms with Crippen molar-refractivity contribution < 1.29 is 14.7 Å². The third-order valence-electron chi connectivity index (χ3n) is 7.12. The highest BCUT2D eigenvalue weighted by molar-refractivity contribution is 5.87. The van der Waals surface area contributed by atoms with Crippen molar-refractivity contribution in [2.45, 2.75) is 49.7 Å². The molecule has 31 heavy (non-hydrogen) atoms. The minimum atomic E-state index is -0.222. The van der Waals surface area contributed by atoms with Gasteiger partial charge in [-0.05, 0) is 29.5 Å². The van der Waals surface area contributed by atoms with Crippen LogP contribution in [-0.2, 0) is 4.79 Å². The number of fused-ring (bicyclic) bond motifs is 1. The first kappa shape index (κ1) is 20.1. The summed E-state index contributed by atoms with van der Waals surface area (Å²) in [6.07, 6.45) is 4.34. The van der Waals surface area contributed by atoms with Crippen molar-refractivity contribution in [1.29, 1.82) is 0 Å². The number of hydrogen-bond donors (Lipinski definition) is 2. The highest BCUT2D eigenvalue weighted by Gasteiger charge is 2.54. The maximum absolute atomic E-state index is 12.8. The van der Waals surface area contributed by atoms with Gasteiger partial charge in [0.1, 0.15) is 6.54 Å². The van der Waals surface area contributed by atoms with E-state index in [0.29, 0.717) is 6.54 Å². The highest BCUT2D eigenvalue weighted by Crippen LogP contribution is 2.43. The summed E-state index contributed by atoms with van der Waals surface area (Å²) in [5.41, 5.74) is 3.40. The number of aliphatic hydroxyl groups is 1. The van der Waals surface area contributed by atoms with Crippen LogP contribution in [0.3, 0.4) is 0 Å². The van der Waals surface area contributed by atoms with E-state index in [-0.39, 0.29) is 49.1 Å². The molecule has 2 aromatic rings. The molecule has 0 unspecified atom stereocenters. The van der Waals surface area contributed by atoms with Gasteiger partial charge in [-0.15, -0.1) is 0 Å². The number of carbonyl (C=O) groups excluding carboxylic acids is 2. The Morgan fingerprint density at radius 1 is 1.00 bits per heavy atom. The SMILES string of the molecule is O=C(NC1CCCC1)N1CC(=O)N2[C@H](CO)[C@H](c3ccc(-c4ccccc4)cc3)[C@@H]2C1. The molecule has 2 aliphatic heterocycles. The van der Waals surface area contributed by atoms with E-state index in [9.17, 15) is 14.7 Å². The van der Waals surface area contributed by atoms with Crippen molar-refractivity contribution in [2.75, 3.05) is 19.7 Å². The third-order valence-corrected chi connectivity index (χ3v) is 7.12. The zero-order valence-electron chi connectivity index (χ0n) is 17.6. The summed E-state index contributed by atoms with van der Waals surface area (Å²) in [6, 6.07) is 18.4. The van der Waals surface area contributed by atoms with E-state index in [2.05, 4.69) is 41.7 Å². The number of piperazine rings is 1. The molecular formula is C25H29N3O3. The number of rotatable bonds is 4. The van der Waals surface area contributed by atoms with Crippen LogP contribution in [0.1, 0.15) is 37.2 Å². The fourth-order valence-corrected chi connectivity index (χ4v) is 5.52. The van der Waals surface area contributed by atoms with Crippen LogP contribution in [0.15, 0.2) is 54.6 Å². The van der Waals surface area contributed by atoms with Gasteiger partial charge >= 0.3 is 6.03 Å². The largest absolute Gasteiger partial charge is 0.394 e. The minimum absolute atomic E-state index is 0.0286. The molecule has 0 bridgehead atoms. The number of carbonyl (C=O) groups is 2. The fourth-order valence-electron chi connectivity index (χ4n) is 5.52. The Balaban J connectivity index is 1.33. The van der Waals surface area contributed by atoms with Gasteiger partial charge in [-0.2, -0.15) is 0 Å². The fraction of sp³-hybridized carbons (Fsp3) is 0.440. The van der Waals surface area contributed by atoms with Gasteiger partial charge in [0.2, 0.25) is 5.91 Å². The molecule has 1 aliphatic carbocycles. The Bertz CT molecular complexity index is 940. The number of nitrogens with zero attached hydrogens (tertiary/aromatic N) is 2. The highest BCUT2D eigenvalue weighted by atomic mass is 16.3. The molecule has 5 rings (SSSR count). The summed E-state index contributed by atoms with van der Waals surface area (Å²) in [5.74, 6) is -0.0464. The minimum Gasteiger partial charge on any atom is -0.394 e. The number of urea groups is 1. The maximum atomic E-state index is 12.8. The van der Waals surface area contributed by atoms with Crippen LogP contribution in [0.5, 0.6) is 0 Å². The Hall–Kier alpha value is -2.86. The first-order valence-corrected chi connectivity index (χ1v) is 11.3. The second kappa shape index (κ2) is 8.35. The molecule has 3 aliphatic rings. The van der Waals surface area contributed by atoms with E-state index in [0.717, 1.165) is 42.4 Å². The van der Waals surface area contributed by atoms with Crippen LogP contribution in [0.25, 0.3) is 11.1 Å². The van der Waals surface area contributed by atoms with Crippen LogP contribution in [0, 0.1) is 0 Å². The van der Waals surface area contributed by atoms with Crippen molar-refractivity contribution in [3.8, 4) is 11.1 Å². The molecule has 6 heteroatoms. The molecule has 2 saturated heterocycles. The number of amides is 3. The summed E-state index contributed by atoms with van der Waals surface area (Å²) in [4.78, 5) is 29.0. The second-order valence-corrected chi connectivity index (χ2v) is 8.94.